The molecule has 10 N–H and O–H groups in total. The number of aliphatic carboxylic acids is 4. The molecule has 0 bridgehead atoms. The van der Waals surface area contributed by atoms with Crippen LogP contribution < -0.4 is 31.9 Å². The number of carboxylic acids is 4. The van der Waals surface area contributed by atoms with E-state index in [9.17, 15) is 71.7 Å². The highest BCUT2D eigenvalue weighted by molar-refractivity contribution is 7.98. The van der Waals surface area contributed by atoms with Gasteiger partial charge in [-0.2, -0.15) is 11.8 Å². The first-order valence-electron chi connectivity index (χ1n) is 16.1. The predicted octanol–water partition coefficient (Wildman–Crippen LogP) is -2.41. The molecule has 1 unspecified atom stereocenters. The van der Waals surface area contributed by atoms with Crippen molar-refractivity contribution in [3.8, 4) is 0 Å². The summed E-state index contributed by atoms with van der Waals surface area (Å²) >= 11 is 1.20. The van der Waals surface area contributed by atoms with Crippen molar-refractivity contribution in [1.29, 1.82) is 0 Å². The fourth-order valence-corrected chi connectivity index (χ4v) is 4.93. The van der Waals surface area contributed by atoms with Gasteiger partial charge in [-0.25, -0.2) is 8.78 Å². The number of halogens is 2. The molecule has 0 aromatic heterocycles. The molecule has 0 spiro atoms. The van der Waals surface area contributed by atoms with E-state index in [1.165, 1.54) is 11.8 Å². The quantitative estimate of drug-likeness (QED) is 0.0369. The molecule has 6 amide bonds. The lowest BCUT2D eigenvalue weighted by Gasteiger charge is -2.27. The maximum Gasteiger partial charge on any atom is 0.305 e. The number of nitrogens with one attached hydrogen (secondary N) is 6. The highest BCUT2D eigenvalue weighted by Gasteiger charge is 2.34. The Kier molecular flexibility index (Phi) is 23.0. The Morgan fingerprint density at radius 1 is 0.556 bits per heavy atom. The summed E-state index contributed by atoms with van der Waals surface area (Å²) in [6, 6.07) is -10.2. The number of amides is 6. The van der Waals surface area contributed by atoms with Crippen LogP contribution >= 0.6 is 11.8 Å². The first-order chi connectivity index (χ1) is 25.2. The number of carbonyl (C=O) groups is 11. The van der Waals surface area contributed by atoms with E-state index >= 15 is 0 Å². The SMILES string of the molecule is CSCC[C@H](NC(=O)[C@H](CCC(=O)O)NC(=O)[C@H](CC(=O)O)NC(C)=O)C(=O)N[C@@H](CCC(=O)O)C(=O)N[C@@H](CCC(=O)O)C(=O)NC(C=O)CC(F)F. The van der Waals surface area contributed by atoms with Crippen LogP contribution in [0.2, 0.25) is 0 Å². The molecule has 0 saturated heterocycles. The van der Waals surface area contributed by atoms with Crippen molar-refractivity contribution in [2.45, 2.75) is 107 Å². The molecule has 0 aromatic rings. The number of carboxylic acid groups (broad SMARTS) is 4. The Hall–Kier alpha value is -5.42. The number of alkyl halides is 2. The zero-order valence-corrected chi connectivity index (χ0v) is 30.0. The second-order valence-electron chi connectivity index (χ2n) is 11.6. The van der Waals surface area contributed by atoms with Gasteiger partial charge >= 0.3 is 23.9 Å². The van der Waals surface area contributed by atoms with Gasteiger partial charge in [-0.05, 0) is 37.7 Å². The van der Waals surface area contributed by atoms with Gasteiger partial charge in [0, 0.05) is 32.6 Å². The summed E-state index contributed by atoms with van der Waals surface area (Å²) < 4.78 is 25.6. The topological polar surface area (TPSA) is 341 Å². The fraction of sp³-hybridized carbons (Fsp3) is 0.633. The van der Waals surface area contributed by atoms with Gasteiger partial charge in [0.25, 0.3) is 0 Å². The summed E-state index contributed by atoms with van der Waals surface area (Å²) in [6.45, 7) is 0.987. The van der Waals surface area contributed by atoms with Gasteiger partial charge < -0.3 is 57.1 Å². The van der Waals surface area contributed by atoms with Crippen molar-refractivity contribution in [2.75, 3.05) is 12.0 Å². The van der Waals surface area contributed by atoms with Crippen molar-refractivity contribution in [1.82, 2.24) is 31.9 Å². The van der Waals surface area contributed by atoms with Crippen LogP contribution in [0.1, 0.15) is 64.7 Å². The monoisotopic (exact) mass is 798 g/mol. The highest BCUT2D eigenvalue weighted by Crippen LogP contribution is 2.09. The van der Waals surface area contributed by atoms with Gasteiger partial charge in [0.15, 0.2) is 0 Å². The average molecular weight is 799 g/mol. The minimum atomic E-state index is -3.02. The van der Waals surface area contributed by atoms with E-state index in [1.54, 1.807) is 6.26 Å². The molecule has 0 saturated carbocycles. The van der Waals surface area contributed by atoms with Gasteiger partial charge in [0.2, 0.25) is 41.9 Å². The zero-order valence-electron chi connectivity index (χ0n) is 29.1. The molecule has 0 aliphatic heterocycles. The van der Waals surface area contributed by atoms with E-state index in [0.717, 1.165) is 6.92 Å². The molecule has 304 valence electrons. The molecule has 0 aromatic carbocycles. The lowest BCUT2D eigenvalue weighted by Crippen LogP contribution is -2.59. The molecule has 0 aliphatic carbocycles. The molecule has 0 rings (SSSR count). The van der Waals surface area contributed by atoms with Crippen LogP contribution in [0.25, 0.3) is 0 Å². The van der Waals surface area contributed by atoms with Crippen LogP contribution in [0.5, 0.6) is 0 Å². The van der Waals surface area contributed by atoms with Crippen LogP contribution in [0.4, 0.5) is 8.78 Å². The van der Waals surface area contributed by atoms with Crippen LogP contribution in [0.3, 0.4) is 0 Å². The predicted molar refractivity (Wildman–Crippen MR) is 180 cm³/mol. The van der Waals surface area contributed by atoms with Crippen molar-refractivity contribution in [2.24, 2.45) is 0 Å². The standard InChI is InChI=1S/C30H44F2N6O15S/c1-14(40)33-20(12-25(47)48)30(53)37-18(5-8-24(45)46)28(51)38-19(9-10-54-2)29(52)36-17(4-7-23(43)44)27(50)35-16(3-6-22(41)42)26(49)34-15(13-39)11-21(31)32/h13,15-21H,3-12H2,1-2H3,(H,33,40)(H,34,49)(H,35,50)(H,36,52)(H,37,53)(H,38,51)(H,41,42)(H,43,44)(H,45,46)(H,47,48)/t15?,16-,17-,18-,19-,20-/m0/s1. The number of carbonyl (C=O) groups excluding carboxylic acids is 7. The van der Waals surface area contributed by atoms with Gasteiger partial charge in [0.1, 0.15) is 36.5 Å². The van der Waals surface area contributed by atoms with Gasteiger partial charge in [-0.3, -0.25) is 47.9 Å². The van der Waals surface area contributed by atoms with Gasteiger partial charge in [-0.1, -0.05) is 0 Å². The second kappa shape index (κ2) is 25.5. The number of rotatable bonds is 28. The number of hydrogen-bond donors (Lipinski definition) is 10. The van der Waals surface area contributed by atoms with Gasteiger partial charge in [-0.15, -0.1) is 0 Å². The summed E-state index contributed by atoms with van der Waals surface area (Å²) in [5.74, 6) is -12.3. The minimum absolute atomic E-state index is 0.00584. The molecule has 0 fully saturated rings. The third kappa shape index (κ3) is 21.2. The summed E-state index contributed by atoms with van der Waals surface area (Å²) in [6.07, 6.45) is -7.61. The molecule has 0 aliphatic rings. The summed E-state index contributed by atoms with van der Waals surface area (Å²) in [5.41, 5.74) is 0. The maximum atomic E-state index is 13.5. The van der Waals surface area contributed by atoms with Crippen molar-refractivity contribution >= 4 is 77.4 Å². The lowest BCUT2D eigenvalue weighted by atomic mass is 10.1. The third-order valence-corrected chi connectivity index (χ3v) is 7.72. The first kappa shape index (κ1) is 48.6. The molecule has 6 atom stereocenters. The molecule has 21 nitrogen and oxygen atoms in total. The highest BCUT2D eigenvalue weighted by atomic mass is 32.2. The van der Waals surface area contributed by atoms with E-state index < -0.39 is 153 Å². The smallest absolute Gasteiger partial charge is 0.305 e. The molecule has 0 radical (unpaired) electrons. The van der Waals surface area contributed by atoms with E-state index in [4.69, 9.17) is 10.2 Å². The largest absolute Gasteiger partial charge is 0.481 e. The van der Waals surface area contributed by atoms with Gasteiger partial charge in [0.05, 0.1) is 12.5 Å². The Bertz CT molecular complexity index is 1370. The van der Waals surface area contributed by atoms with E-state index in [2.05, 4.69) is 26.6 Å². The molecule has 24 heteroatoms. The summed E-state index contributed by atoms with van der Waals surface area (Å²) in [7, 11) is 0. The van der Waals surface area contributed by atoms with Crippen molar-refractivity contribution < 1.29 is 81.9 Å². The Balaban J connectivity index is 6.38. The van der Waals surface area contributed by atoms with Crippen LogP contribution in [-0.4, -0.2) is 141 Å². The minimum Gasteiger partial charge on any atom is -0.481 e. The zero-order chi connectivity index (χ0) is 41.5. The second-order valence-corrected chi connectivity index (χ2v) is 12.5. The fourth-order valence-electron chi connectivity index (χ4n) is 4.46. The normalized spacial score (nSPS) is 14.1. The van der Waals surface area contributed by atoms with E-state index in [-0.39, 0.29) is 18.5 Å². The summed E-state index contributed by atoms with van der Waals surface area (Å²) in [4.78, 5) is 134. The van der Waals surface area contributed by atoms with E-state index in [1.807, 2.05) is 5.32 Å². The molecule has 54 heavy (non-hydrogen) atoms. The first-order valence-corrected chi connectivity index (χ1v) is 17.5. The average Bonchev–Trinajstić information content (AvgIpc) is 3.06. The lowest BCUT2D eigenvalue weighted by molar-refractivity contribution is -0.141. The Labute approximate surface area is 310 Å². The van der Waals surface area contributed by atoms with Crippen LogP contribution in [0, 0.1) is 0 Å². The Morgan fingerprint density at radius 3 is 1.20 bits per heavy atom. The van der Waals surface area contributed by atoms with Crippen molar-refractivity contribution in [3.63, 3.8) is 0 Å². The summed E-state index contributed by atoms with van der Waals surface area (Å²) in [5, 5.41) is 49.5. The van der Waals surface area contributed by atoms with E-state index in [0.29, 0.717) is 0 Å². The molecule has 0 heterocycles. The number of aldehydes is 1. The molecular formula is C30H44F2N6O15S. The number of hydrogen-bond acceptors (Lipinski definition) is 12. The number of thioether (sulfide) groups is 1. The Morgan fingerprint density at radius 2 is 0.907 bits per heavy atom. The van der Waals surface area contributed by atoms with Crippen LogP contribution in [0.15, 0.2) is 0 Å². The third-order valence-electron chi connectivity index (χ3n) is 7.08. The van der Waals surface area contributed by atoms with Crippen LogP contribution in [-0.2, 0) is 52.7 Å². The van der Waals surface area contributed by atoms with Crippen molar-refractivity contribution in [3.05, 3.63) is 0 Å². The molecular weight excluding hydrogens is 754 g/mol. The maximum absolute atomic E-state index is 13.5.